The molecule has 2 fully saturated rings. The number of hydrogen-bond acceptors (Lipinski definition) is 5. The predicted molar refractivity (Wildman–Crippen MR) is 118 cm³/mol. The lowest BCUT2D eigenvalue weighted by Crippen LogP contribution is -3.19. The molecule has 2 aromatic carbocycles. The monoisotopic (exact) mass is 424 g/mol. The minimum Gasteiger partial charge on any atom is -0.497 e. The van der Waals surface area contributed by atoms with Gasteiger partial charge in [-0.1, -0.05) is 12.1 Å². The fraction of sp³-hybridized carbons (Fsp3) is 0.417. The average molecular weight is 425 g/mol. The molecular formula is C24H30N3O4+. The second-order valence-corrected chi connectivity index (χ2v) is 8.08. The van der Waals surface area contributed by atoms with E-state index in [-0.39, 0.29) is 17.9 Å². The molecule has 7 heteroatoms. The molecule has 1 N–H and O–H groups in total. The number of carbonyl (C=O) groups is 2. The van der Waals surface area contributed by atoms with E-state index >= 15 is 0 Å². The van der Waals surface area contributed by atoms with E-state index in [0.717, 1.165) is 48.9 Å². The smallest absolute Gasteiger partial charge is 0.288 e. The van der Waals surface area contributed by atoms with E-state index in [2.05, 4.69) is 17.0 Å². The number of imide groups is 1. The number of benzene rings is 2. The van der Waals surface area contributed by atoms with Crippen LogP contribution in [0.5, 0.6) is 11.5 Å². The predicted octanol–water partition coefficient (Wildman–Crippen LogP) is 0.779. The summed E-state index contributed by atoms with van der Waals surface area (Å²) in [6.45, 7) is 3.87. The van der Waals surface area contributed by atoms with Crippen LogP contribution in [0.3, 0.4) is 0 Å². The molecular weight excluding hydrogens is 394 g/mol. The SMILES string of the molecule is COc1ccc(CCN2C(=O)C[C@@H]([NH+]3CCN(c4ccc(OC)cc4)CC3)C2=O)cc1. The van der Waals surface area contributed by atoms with Gasteiger partial charge in [-0.25, -0.2) is 0 Å². The number of methoxy groups -OCH3 is 2. The van der Waals surface area contributed by atoms with Crippen LogP contribution < -0.4 is 19.3 Å². The van der Waals surface area contributed by atoms with E-state index in [9.17, 15) is 9.59 Å². The zero-order chi connectivity index (χ0) is 21.8. The van der Waals surface area contributed by atoms with Gasteiger partial charge in [0.1, 0.15) is 11.5 Å². The number of anilines is 1. The normalized spacial score (nSPS) is 19.7. The molecule has 2 amide bonds. The molecule has 31 heavy (non-hydrogen) atoms. The third-order valence-electron chi connectivity index (χ3n) is 6.36. The molecule has 1 atom stereocenters. The number of nitrogens with one attached hydrogen (secondary N) is 1. The maximum absolute atomic E-state index is 13.0. The van der Waals surface area contributed by atoms with E-state index in [1.54, 1.807) is 14.2 Å². The summed E-state index contributed by atoms with van der Waals surface area (Å²) in [5.41, 5.74) is 2.25. The largest absolute Gasteiger partial charge is 0.497 e. The zero-order valence-electron chi connectivity index (χ0n) is 18.2. The van der Waals surface area contributed by atoms with Gasteiger partial charge in [-0.3, -0.25) is 14.5 Å². The Kier molecular flexibility index (Phi) is 6.42. The molecule has 0 unspecified atom stereocenters. The Balaban J connectivity index is 1.31. The van der Waals surface area contributed by atoms with Gasteiger partial charge in [-0.15, -0.1) is 0 Å². The highest BCUT2D eigenvalue weighted by atomic mass is 16.5. The van der Waals surface area contributed by atoms with Crippen LogP contribution in [-0.2, 0) is 16.0 Å². The Bertz CT molecular complexity index is 905. The Labute approximate surface area is 183 Å². The van der Waals surface area contributed by atoms with Crippen LogP contribution in [-0.4, -0.2) is 69.7 Å². The van der Waals surface area contributed by atoms with Crippen molar-refractivity contribution in [2.75, 3.05) is 51.8 Å². The van der Waals surface area contributed by atoms with Crippen molar-refractivity contribution >= 4 is 17.5 Å². The van der Waals surface area contributed by atoms with Crippen molar-refractivity contribution in [1.82, 2.24) is 4.90 Å². The third kappa shape index (κ3) is 4.66. The Morgan fingerprint density at radius 2 is 1.48 bits per heavy atom. The third-order valence-corrected chi connectivity index (χ3v) is 6.36. The fourth-order valence-electron chi connectivity index (χ4n) is 4.46. The lowest BCUT2D eigenvalue weighted by Gasteiger charge is -2.35. The number of nitrogens with zero attached hydrogens (tertiary/aromatic N) is 2. The molecule has 0 bridgehead atoms. The van der Waals surface area contributed by atoms with E-state index in [4.69, 9.17) is 9.47 Å². The van der Waals surface area contributed by atoms with E-state index in [1.165, 1.54) is 9.80 Å². The van der Waals surface area contributed by atoms with Crippen LogP contribution in [0.4, 0.5) is 5.69 Å². The summed E-state index contributed by atoms with van der Waals surface area (Å²) in [7, 11) is 3.30. The van der Waals surface area contributed by atoms with Crippen molar-refractivity contribution in [3.05, 3.63) is 54.1 Å². The summed E-state index contributed by atoms with van der Waals surface area (Å²) >= 11 is 0. The minimum atomic E-state index is -0.249. The van der Waals surface area contributed by atoms with Gasteiger partial charge in [-0.05, 0) is 48.4 Å². The van der Waals surface area contributed by atoms with Gasteiger partial charge in [0.2, 0.25) is 5.91 Å². The first-order valence-electron chi connectivity index (χ1n) is 10.8. The molecule has 4 rings (SSSR count). The first-order valence-corrected chi connectivity index (χ1v) is 10.8. The Morgan fingerprint density at radius 1 is 0.903 bits per heavy atom. The summed E-state index contributed by atoms with van der Waals surface area (Å²) in [5, 5.41) is 0. The van der Waals surface area contributed by atoms with Gasteiger partial charge in [0, 0.05) is 12.2 Å². The first kappa shape index (κ1) is 21.2. The highest BCUT2D eigenvalue weighted by Gasteiger charge is 2.45. The van der Waals surface area contributed by atoms with Crippen LogP contribution in [0.1, 0.15) is 12.0 Å². The molecule has 0 aliphatic carbocycles. The number of quaternary nitrogens is 1. The van der Waals surface area contributed by atoms with Crippen molar-refractivity contribution in [3.63, 3.8) is 0 Å². The van der Waals surface area contributed by atoms with Gasteiger partial charge in [0.05, 0.1) is 46.8 Å². The Morgan fingerprint density at radius 3 is 2.06 bits per heavy atom. The van der Waals surface area contributed by atoms with Crippen LogP contribution in [0.2, 0.25) is 0 Å². The van der Waals surface area contributed by atoms with Gasteiger partial charge in [-0.2, -0.15) is 0 Å². The summed E-state index contributed by atoms with van der Waals surface area (Å²) in [5.74, 6) is 1.58. The summed E-state index contributed by atoms with van der Waals surface area (Å²) in [6, 6.07) is 15.6. The van der Waals surface area contributed by atoms with E-state index < -0.39 is 0 Å². The number of hydrogen-bond donors (Lipinski definition) is 1. The zero-order valence-corrected chi connectivity index (χ0v) is 18.2. The van der Waals surface area contributed by atoms with Crippen LogP contribution in [0.15, 0.2) is 48.5 Å². The van der Waals surface area contributed by atoms with Crippen LogP contribution in [0, 0.1) is 0 Å². The van der Waals surface area contributed by atoms with Crippen molar-refractivity contribution in [2.24, 2.45) is 0 Å². The number of rotatable bonds is 7. The molecule has 0 radical (unpaired) electrons. The fourth-order valence-corrected chi connectivity index (χ4v) is 4.46. The van der Waals surface area contributed by atoms with Gasteiger partial charge in [0.15, 0.2) is 6.04 Å². The second kappa shape index (κ2) is 9.39. The number of carbonyl (C=O) groups excluding carboxylic acids is 2. The van der Waals surface area contributed by atoms with Crippen molar-refractivity contribution in [3.8, 4) is 11.5 Å². The molecule has 2 aliphatic heterocycles. The molecule has 7 nitrogen and oxygen atoms in total. The lowest BCUT2D eigenvalue weighted by atomic mass is 10.1. The number of piperazine rings is 1. The highest BCUT2D eigenvalue weighted by Crippen LogP contribution is 2.20. The van der Waals surface area contributed by atoms with Crippen LogP contribution in [0.25, 0.3) is 0 Å². The quantitative estimate of drug-likeness (QED) is 0.666. The van der Waals surface area contributed by atoms with Gasteiger partial charge in [0.25, 0.3) is 5.91 Å². The number of likely N-dealkylation sites (tertiary alicyclic amines) is 1. The number of amides is 2. The average Bonchev–Trinajstić information content (AvgIpc) is 3.11. The summed E-state index contributed by atoms with van der Waals surface area (Å²) in [6.07, 6.45) is 0.980. The minimum absolute atomic E-state index is 0.0218. The van der Waals surface area contributed by atoms with Crippen LogP contribution >= 0.6 is 0 Å². The Hall–Kier alpha value is -3.06. The molecule has 2 aromatic rings. The molecule has 0 aromatic heterocycles. The maximum Gasteiger partial charge on any atom is 0.288 e. The topological polar surface area (TPSA) is 63.5 Å². The van der Waals surface area contributed by atoms with Crippen molar-refractivity contribution in [1.29, 1.82) is 0 Å². The molecule has 0 saturated carbocycles. The number of ether oxygens (including phenoxy) is 2. The van der Waals surface area contributed by atoms with Gasteiger partial charge < -0.3 is 19.3 Å². The molecule has 164 valence electrons. The lowest BCUT2D eigenvalue weighted by molar-refractivity contribution is -0.915. The van der Waals surface area contributed by atoms with E-state index in [1.807, 2.05) is 36.4 Å². The van der Waals surface area contributed by atoms with Crippen molar-refractivity contribution in [2.45, 2.75) is 18.9 Å². The molecule has 0 spiro atoms. The van der Waals surface area contributed by atoms with Crippen molar-refractivity contribution < 1.29 is 24.0 Å². The standard InChI is InChI=1S/C24H29N3O4/c1-30-20-7-3-18(4-8-20)11-12-27-23(28)17-22(24(27)29)26-15-13-25(14-16-26)19-5-9-21(31-2)10-6-19/h3-10,22H,11-17H2,1-2H3/p+1/t22-/m1/s1. The summed E-state index contributed by atoms with van der Waals surface area (Å²) in [4.78, 5) is 30.5. The summed E-state index contributed by atoms with van der Waals surface area (Å²) < 4.78 is 10.4. The first-order chi connectivity index (χ1) is 15.1. The van der Waals surface area contributed by atoms with Gasteiger partial charge >= 0.3 is 0 Å². The maximum atomic E-state index is 13.0. The molecule has 2 saturated heterocycles. The molecule has 2 aliphatic rings. The van der Waals surface area contributed by atoms with E-state index in [0.29, 0.717) is 19.4 Å². The molecule has 2 heterocycles. The highest BCUT2D eigenvalue weighted by molar-refractivity contribution is 6.04. The second-order valence-electron chi connectivity index (χ2n) is 8.08.